The maximum absolute atomic E-state index is 9.42. The van der Waals surface area contributed by atoms with E-state index in [-0.39, 0.29) is 47.4 Å². The molecule has 0 saturated carbocycles. The van der Waals surface area contributed by atoms with Crippen molar-refractivity contribution in [2.45, 2.75) is 0 Å². The number of hydrazine groups is 2. The monoisotopic (exact) mass is 282 g/mol. The third-order valence-corrected chi connectivity index (χ3v) is 1.53. The van der Waals surface area contributed by atoms with Crippen molar-refractivity contribution in [2.24, 2.45) is 11.7 Å². The van der Waals surface area contributed by atoms with E-state index >= 15 is 0 Å². The second kappa shape index (κ2) is 10.1. The quantitative estimate of drug-likeness (QED) is 0.0508. The summed E-state index contributed by atoms with van der Waals surface area (Å²) in [5.41, 5.74) is 4.43. The van der Waals surface area contributed by atoms with Crippen LogP contribution in [0.1, 0.15) is 0 Å². The normalized spacial score (nSPS) is 8.61. The first-order valence-electron chi connectivity index (χ1n) is 3.87. The van der Waals surface area contributed by atoms with Gasteiger partial charge in [0.25, 0.3) is 0 Å². The van der Waals surface area contributed by atoms with Crippen LogP contribution in [0, 0.1) is 11.3 Å². The number of aromatic nitrogens is 3. The van der Waals surface area contributed by atoms with Gasteiger partial charge in [-0.05, 0) is 0 Å². The van der Waals surface area contributed by atoms with Crippen LogP contribution in [-0.4, -0.2) is 15.0 Å². The average molecular weight is 282 g/mol. The summed E-state index contributed by atoms with van der Waals surface area (Å²) in [4.78, 5) is 11.4. The predicted octanol–water partition coefficient (Wildman–Crippen LogP) is -5.35. The van der Waals surface area contributed by atoms with Crippen LogP contribution in [0.15, 0.2) is 0 Å². The molecule has 0 bridgehead atoms. The summed E-state index contributed by atoms with van der Waals surface area (Å²) in [7, 11) is 0. The maximum atomic E-state index is 9.42. The first-order valence-corrected chi connectivity index (χ1v) is 4.61. The second-order valence-corrected chi connectivity index (χ2v) is 2.67. The summed E-state index contributed by atoms with van der Waals surface area (Å²) in [5.74, 6) is 10.5. The molecule has 0 aliphatic carbocycles. The van der Waals surface area contributed by atoms with Crippen LogP contribution in [0.3, 0.4) is 0 Å². The number of nitrogens with zero attached hydrogens (tertiary/aromatic N) is 3. The maximum Gasteiger partial charge on any atom is 1.00 e. The Labute approximate surface area is 128 Å². The zero-order chi connectivity index (χ0) is 12.5. The largest absolute Gasteiger partial charge is 1.00 e. The van der Waals surface area contributed by atoms with Crippen molar-refractivity contribution in [2.75, 3.05) is 16.2 Å². The molecule has 1 aromatic heterocycles. The van der Waals surface area contributed by atoms with Crippen LogP contribution >= 0.6 is 12.0 Å². The molecule has 1 aromatic rings. The molecule has 92 valence electrons. The molecule has 0 fully saturated rings. The Kier molecular flexibility index (Phi) is 9.59. The van der Waals surface area contributed by atoms with E-state index in [1.54, 1.807) is 0 Å². The van der Waals surface area contributed by atoms with E-state index in [0.717, 1.165) is 0 Å². The zero-order valence-electron chi connectivity index (χ0n) is 9.13. The van der Waals surface area contributed by atoms with Crippen LogP contribution in [0.4, 0.5) is 17.8 Å². The van der Waals surface area contributed by atoms with Gasteiger partial charge in [0.2, 0.25) is 17.8 Å². The number of hydrogen-bond acceptors (Lipinski definition) is 12. The number of nitrogens with one attached hydrogen (secondary N) is 3. The Morgan fingerprint density at radius 3 is 2.17 bits per heavy atom. The fraction of sp³-hybridized carbons (Fsp3) is 0. The van der Waals surface area contributed by atoms with Crippen LogP contribution in [0.25, 0.3) is 0 Å². The van der Waals surface area contributed by atoms with Crippen LogP contribution in [0.2, 0.25) is 0 Å². The molecule has 0 aliphatic heterocycles. The minimum atomic E-state index is 0. The molecule has 1 rings (SSSR count). The Bertz CT molecular complexity index is 403. The Balaban J connectivity index is 0.00000289. The second-order valence-electron chi connectivity index (χ2n) is 2.17. The van der Waals surface area contributed by atoms with Gasteiger partial charge in [-0.3, -0.25) is 21.2 Å². The number of nitrogens with two attached hydrogens (primary N) is 2. The number of hydrogen-bond donors (Lipinski definition) is 5. The van der Waals surface area contributed by atoms with Gasteiger partial charge in [-0.1, -0.05) is 0 Å². The van der Waals surface area contributed by atoms with Gasteiger partial charge in [-0.15, -0.1) is 0 Å². The van der Waals surface area contributed by atoms with E-state index in [1.807, 2.05) is 0 Å². The molecular weight excluding hydrogens is 275 g/mol. The summed E-state index contributed by atoms with van der Waals surface area (Å²) >= 11 is 0.482. The SMILES string of the molecule is NNc1nc(NN)nc(NC#CSOO[O-])n1.[Na+]. The summed E-state index contributed by atoms with van der Waals surface area (Å²) in [6.45, 7) is 0. The molecule has 0 unspecified atom stereocenters. The molecule has 0 radical (unpaired) electrons. The summed E-state index contributed by atoms with van der Waals surface area (Å²) < 4.78 is 3.89. The molecule has 0 aliphatic rings. The topological polar surface area (TPSA) is 168 Å². The standard InChI is InChI=1S/C5H8N8O3S.Na/c6-12-4-9-3(10-5(11-4)13-7)8-1-2-17-16-15-14;/h14H,6-7H2,(H3,8,9,10,11,12,13);/q;+1/p-1. The van der Waals surface area contributed by atoms with Crippen molar-refractivity contribution < 1.29 is 44.2 Å². The van der Waals surface area contributed by atoms with Crippen LogP contribution < -0.4 is 62.7 Å². The van der Waals surface area contributed by atoms with E-state index in [0.29, 0.717) is 12.0 Å². The van der Waals surface area contributed by atoms with Gasteiger partial charge in [-0.25, -0.2) is 11.7 Å². The fourth-order valence-electron chi connectivity index (χ4n) is 0.694. The third-order valence-electron chi connectivity index (χ3n) is 1.22. The molecule has 0 atom stereocenters. The molecular formula is C5H7N8NaO3S. The van der Waals surface area contributed by atoms with Gasteiger partial charge in [-0.2, -0.15) is 19.3 Å². The zero-order valence-corrected chi connectivity index (χ0v) is 11.9. The Morgan fingerprint density at radius 1 is 1.11 bits per heavy atom. The first-order chi connectivity index (χ1) is 8.30. The molecule has 0 spiro atoms. The van der Waals surface area contributed by atoms with E-state index in [1.165, 1.54) is 0 Å². The van der Waals surface area contributed by atoms with Crippen molar-refractivity contribution in [1.29, 1.82) is 0 Å². The third kappa shape index (κ3) is 6.16. The molecule has 1 heterocycles. The van der Waals surface area contributed by atoms with E-state index in [4.69, 9.17) is 11.7 Å². The summed E-state index contributed by atoms with van der Waals surface area (Å²) in [6.07, 6.45) is 0. The van der Waals surface area contributed by atoms with Gasteiger partial charge in [0.1, 0.15) is 12.0 Å². The van der Waals surface area contributed by atoms with Gasteiger partial charge in [0.15, 0.2) is 0 Å². The smallest absolute Gasteiger partial charge is 0.691 e. The molecule has 0 aromatic carbocycles. The molecule has 7 N–H and O–H groups in total. The number of rotatable bonds is 5. The number of anilines is 3. The van der Waals surface area contributed by atoms with Gasteiger partial charge in [0, 0.05) is 11.3 Å². The van der Waals surface area contributed by atoms with Crippen molar-refractivity contribution in [3.63, 3.8) is 0 Å². The van der Waals surface area contributed by atoms with Crippen LogP contribution in [-0.2, 0) is 9.37 Å². The van der Waals surface area contributed by atoms with Gasteiger partial charge in [0.05, 0.1) is 0 Å². The predicted molar refractivity (Wildman–Crippen MR) is 56.6 cm³/mol. The summed E-state index contributed by atoms with van der Waals surface area (Å²) in [6, 6.07) is 2.37. The van der Waals surface area contributed by atoms with E-state index in [9.17, 15) is 5.26 Å². The fourth-order valence-corrected chi connectivity index (χ4v) is 0.849. The minimum Gasteiger partial charge on any atom is -0.691 e. The van der Waals surface area contributed by atoms with Gasteiger partial charge >= 0.3 is 29.6 Å². The number of nitrogen functional groups attached to an aromatic ring is 2. The molecule has 13 heteroatoms. The average Bonchev–Trinajstić information content (AvgIpc) is 2.38. The van der Waals surface area contributed by atoms with Gasteiger partial charge < -0.3 is 5.26 Å². The molecule has 18 heavy (non-hydrogen) atoms. The molecule has 0 saturated heterocycles. The molecule has 0 amide bonds. The summed E-state index contributed by atoms with van der Waals surface area (Å²) in [5, 5.41) is 17.3. The van der Waals surface area contributed by atoms with Crippen molar-refractivity contribution in [1.82, 2.24) is 15.0 Å². The Morgan fingerprint density at radius 2 is 1.67 bits per heavy atom. The van der Waals surface area contributed by atoms with Crippen molar-refractivity contribution >= 4 is 29.9 Å². The van der Waals surface area contributed by atoms with E-state index < -0.39 is 0 Å². The first kappa shape index (κ1) is 17.1. The molecule has 11 nitrogen and oxygen atoms in total. The minimum absolute atomic E-state index is 0. The Hall–Kier alpha value is -0.880. The van der Waals surface area contributed by atoms with Crippen molar-refractivity contribution in [3.05, 3.63) is 0 Å². The van der Waals surface area contributed by atoms with Crippen molar-refractivity contribution in [3.8, 4) is 11.3 Å². The van der Waals surface area contributed by atoms with Crippen LogP contribution in [0.5, 0.6) is 0 Å². The van der Waals surface area contributed by atoms with E-state index in [2.05, 4.69) is 51.8 Å².